The number of hydrazine groups is 1. The van der Waals surface area contributed by atoms with Crippen molar-refractivity contribution in [2.24, 2.45) is 11.6 Å². The molecule has 0 saturated heterocycles. The molecule has 0 aromatic rings. The summed E-state index contributed by atoms with van der Waals surface area (Å²) in [6.45, 7) is 9.03. The van der Waals surface area contributed by atoms with E-state index in [4.69, 9.17) is 16.7 Å². The fourth-order valence-corrected chi connectivity index (χ4v) is 1.07. The largest absolute Gasteiger partial charge is 0.400 e. The summed E-state index contributed by atoms with van der Waals surface area (Å²) >= 11 is 0. The van der Waals surface area contributed by atoms with Gasteiger partial charge in [-0.2, -0.15) is 0 Å². The molecule has 0 aliphatic rings. The number of aliphatic hydroxyl groups is 1. The lowest BCUT2D eigenvalue weighted by atomic mass is 10.2. The lowest BCUT2D eigenvalue weighted by Crippen LogP contribution is -2.40. The van der Waals surface area contributed by atoms with Gasteiger partial charge in [-0.1, -0.05) is 13.8 Å². The molecule has 0 aliphatic heterocycles. The Bertz CT molecular complexity index is 237. The molecule has 5 nitrogen and oxygen atoms in total. The van der Waals surface area contributed by atoms with Gasteiger partial charge in [0.1, 0.15) is 5.70 Å². The van der Waals surface area contributed by atoms with Crippen LogP contribution in [0.3, 0.4) is 0 Å². The van der Waals surface area contributed by atoms with Crippen LogP contribution in [0, 0.1) is 0 Å². The van der Waals surface area contributed by atoms with Crippen molar-refractivity contribution < 1.29 is 9.90 Å². The predicted octanol–water partition coefficient (Wildman–Crippen LogP) is 0.738. The predicted molar refractivity (Wildman–Crippen MR) is 66.1 cm³/mol. The van der Waals surface area contributed by atoms with Crippen molar-refractivity contribution in [3.05, 3.63) is 11.4 Å². The van der Waals surface area contributed by atoms with E-state index in [1.165, 1.54) is 11.9 Å². The van der Waals surface area contributed by atoms with Crippen LogP contribution in [0.25, 0.3) is 0 Å². The highest BCUT2D eigenvalue weighted by atomic mass is 16.3. The Morgan fingerprint density at radius 2 is 1.81 bits per heavy atom. The Kier molecular flexibility index (Phi) is 9.94. The van der Waals surface area contributed by atoms with E-state index in [1.807, 2.05) is 27.7 Å². The van der Waals surface area contributed by atoms with Crippen LogP contribution in [0.1, 0.15) is 41.0 Å². The highest BCUT2D eigenvalue weighted by Crippen LogP contribution is 2.10. The molecule has 0 rings (SSSR count). The summed E-state index contributed by atoms with van der Waals surface area (Å²) in [4.78, 5) is 11.3. The Hall–Kier alpha value is -1.07. The van der Waals surface area contributed by atoms with Crippen LogP contribution in [-0.4, -0.2) is 28.5 Å². The third kappa shape index (κ3) is 5.72. The molecule has 0 radical (unpaired) electrons. The van der Waals surface area contributed by atoms with E-state index in [0.29, 0.717) is 5.70 Å². The summed E-state index contributed by atoms with van der Waals surface area (Å²) in [6, 6.07) is -0.00820. The molecule has 5 heteroatoms. The number of hydrogen-bond donors (Lipinski definition) is 3. The smallest absolute Gasteiger partial charge is 0.178 e. The van der Waals surface area contributed by atoms with Crippen LogP contribution in [0.15, 0.2) is 11.4 Å². The second kappa shape index (κ2) is 9.18. The van der Waals surface area contributed by atoms with Gasteiger partial charge in [-0.05, 0) is 13.8 Å². The molecule has 0 heterocycles. The van der Waals surface area contributed by atoms with Crippen molar-refractivity contribution >= 4 is 5.78 Å². The Balaban J connectivity index is 0. The van der Waals surface area contributed by atoms with Crippen LogP contribution in [0.4, 0.5) is 0 Å². The number of nitrogens with two attached hydrogens (primary N) is 2. The summed E-state index contributed by atoms with van der Waals surface area (Å²) < 4.78 is 0. The molecule has 5 N–H and O–H groups in total. The van der Waals surface area contributed by atoms with Gasteiger partial charge in [0, 0.05) is 31.7 Å². The fourth-order valence-electron chi connectivity index (χ4n) is 1.07. The summed E-state index contributed by atoms with van der Waals surface area (Å²) in [5.74, 6) is 5.50. The zero-order chi connectivity index (χ0) is 13.3. The van der Waals surface area contributed by atoms with Gasteiger partial charge in [-0.15, -0.1) is 0 Å². The van der Waals surface area contributed by atoms with Crippen LogP contribution >= 0.6 is 0 Å². The maximum atomic E-state index is 11.3. The molecule has 0 aliphatic carbocycles. The molecule has 16 heavy (non-hydrogen) atoms. The average molecular weight is 231 g/mol. The molecular formula is C11H25N3O2. The average Bonchev–Trinajstić information content (AvgIpc) is 2.20. The number of aliphatic hydroxyl groups excluding tert-OH is 1. The van der Waals surface area contributed by atoms with Gasteiger partial charge in [-0.25, -0.2) is 5.84 Å². The molecule has 0 fully saturated rings. The van der Waals surface area contributed by atoms with Gasteiger partial charge < -0.3 is 15.8 Å². The zero-order valence-corrected chi connectivity index (χ0v) is 10.9. The second-order valence-corrected chi connectivity index (χ2v) is 3.40. The van der Waals surface area contributed by atoms with E-state index in [0.717, 1.165) is 0 Å². The summed E-state index contributed by atoms with van der Waals surface area (Å²) in [5, 5.41) is 10.0. The number of Topliss-reactive ketones (excluding diaryl/α,β-unsaturated/α-hetero) is 1. The van der Waals surface area contributed by atoms with E-state index >= 15 is 0 Å². The normalized spacial score (nSPS) is 11.5. The van der Waals surface area contributed by atoms with Crippen molar-refractivity contribution in [1.82, 2.24) is 5.01 Å². The van der Waals surface area contributed by atoms with Gasteiger partial charge in [0.15, 0.2) is 5.78 Å². The quantitative estimate of drug-likeness (QED) is 0.368. The Morgan fingerprint density at radius 1 is 1.38 bits per heavy atom. The van der Waals surface area contributed by atoms with Gasteiger partial charge in [0.2, 0.25) is 0 Å². The number of allylic oxidation sites excluding steroid dienone is 1. The number of hydrogen-bond acceptors (Lipinski definition) is 5. The van der Waals surface area contributed by atoms with Gasteiger partial charge in [-0.3, -0.25) is 4.79 Å². The fraction of sp³-hybridized carbons (Fsp3) is 0.727. The molecule has 0 spiro atoms. The minimum absolute atomic E-state index is 0.00820. The summed E-state index contributed by atoms with van der Waals surface area (Å²) in [7, 11) is 0. The van der Waals surface area contributed by atoms with Gasteiger partial charge in [0.25, 0.3) is 0 Å². The highest BCUT2D eigenvalue weighted by Gasteiger charge is 2.16. The topological polar surface area (TPSA) is 92.6 Å². The first-order valence-corrected chi connectivity index (χ1v) is 5.56. The van der Waals surface area contributed by atoms with Crippen molar-refractivity contribution in [3.63, 3.8) is 0 Å². The molecule has 0 saturated carbocycles. The molecule has 0 aromatic heterocycles. The van der Waals surface area contributed by atoms with Crippen LogP contribution in [0.5, 0.6) is 0 Å². The minimum Gasteiger partial charge on any atom is -0.400 e. The standard InChI is InChI=1S/C9H19N3O2.C2H6/c1-6(2)12(11)9(7(3)14)8(10)4-5-13;1-2/h6,13H,4-5,10-11H2,1-3H3;1-2H3/b9-8-;. The monoisotopic (exact) mass is 231 g/mol. The molecule has 0 atom stereocenters. The van der Waals surface area contributed by atoms with E-state index in [1.54, 1.807) is 0 Å². The Morgan fingerprint density at radius 3 is 2.06 bits per heavy atom. The lowest BCUT2D eigenvalue weighted by Gasteiger charge is -2.25. The molecule has 0 unspecified atom stereocenters. The van der Waals surface area contributed by atoms with Crippen molar-refractivity contribution in [2.75, 3.05) is 6.61 Å². The first kappa shape index (κ1) is 17.3. The summed E-state index contributed by atoms with van der Waals surface area (Å²) in [5.41, 5.74) is 6.26. The Labute approximate surface area is 98.1 Å². The first-order valence-electron chi connectivity index (χ1n) is 5.56. The zero-order valence-electron chi connectivity index (χ0n) is 10.9. The van der Waals surface area contributed by atoms with Crippen LogP contribution < -0.4 is 11.6 Å². The van der Waals surface area contributed by atoms with Crippen LogP contribution in [0.2, 0.25) is 0 Å². The molecule has 0 amide bonds. The molecule has 96 valence electrons. The van der Waals surface area contributed by atoms with E-state index in [9.17, 15) is 4.79 Å². The SMILES string of the molecule is CC.CC(=O)/C(=C(/N)CCO)N(N)C(C)C. The molecule has 0 bridgehead atoms. The second-order valence-electron chi connectivity index (χ2n) is 3.40. The molecule has 0 aromatic carbocycles. The van der Waals surface area contributed by atoms with Crippen LogP contribution in [-0.2, 0) is 4.79 Å². The molecular weight excluding hydrogens is 206 g/mol. The number of rotatable bonds is 5. The van der Waals surface area contributed by atoms with Crippen molar-refractivity contribution in [2.45, 2.75) is 47.1 Å². The van der Waals surface area contributed by atoms with Gasteiger partial charge in [0.05, 0.1) is 0 Å². The maximum Gasteiger partial charge on any atom is 0.178 e. The van der Waals surface area contributed by atoms with Crippen molar-refractivity contribution in [1.29, 1.82) is 0 Å². The number of carbonyl (C=O) groups excluding carboxylic acids is 1. The van der Waals surface area contributed by atoms with Crippen molar-refractivity contribution in [3.8, 4) is 0 Å². The number of carbonyl (C=O) groups is 1. The maximum absolute atomic E-state index is 11.3. The van der Waals surface area contributed by atoms with Gasteiger partial charge >= 0.3 is 0 Å². The lowest BCUT2D eigenvalue weighted by molar-refractivity contribution is -0.115. The van der Waals surface area contributed by atoms with E-state index in [2.05, 4.69) is 0 Å². The minimum atomic E-state index is -0.188. The highest BCUT2D eigenvalue weighted by molar-refractivity contribution is 5.93. The first-order chi connectivity index (χ1) is 7.41. The third-order valence-electron chi connectivity index (χ3n) is 1.83. The van der Waals surface area contributed by atoms with E-state index in [-0.39, 0.29) is 30.5 Å². The summed E-state index contributed by atoms with van der Waals surface area (Å²) in [6.07, 6.45) is 0.259. The number of ketones is 1. The van der Waals surface area contributed by atoms with E-state index < -0.39 is 0 Å². The third-order valence-corrected chi connectivity index (χ3v) is 1.83. The number of nitrogens with zero attached hydrogens (tertiary/aromatic N) is 1.